The van der Waals surface area contributed by atoms with Crippen molar-refractivity contribution in [1.29, 1.82) is 0 Å². The van der Waals surface area contributed by atoms with Gasteiger partial charge < -0.3 is 4.57 Å². The van der Waals surface area contributed by atoms with Gasteiger partial charge in [-0.05, 0) is 24.3 Å². The minimum atomic E-state index is 1.12. The highest BCUT2D eigenvalue weighted by molar-refractivity contribution is 9.10. The molecular formula is C9H7BrN. The molecule has 1 heterocycles. The molecule has 0 N–H and O–H groups in total. The molecule has 2 aromatic rings. The summed E-state index contributed by atoms with van der Waals surface area (Å²) < 4.78 is 3.10. The van der Waals surface area contributed by atoms with Crippen molar-refractivity contribution in [2.45, 2.75) is 0 Å². The molecule has 0 aliphatic rings. The van der Waals surface area contributed by atoms with Gasteiger partial charge in [0.1, 0.15) is 0 Å². The first-order chi connectivity index (χ1) is 5.27. The highest BCUT2D eigenvalue weighted by atomic mass is 79.9. The van der Waals surface area contributed by atoms with E-state index < -0.39 is 0 Å². The number of fused-ring (bicyclic) bond motifs is 1. The highest BCUT2D eigenvalue weighted by Crippen LogP contribution is 2.19. The van der Waals surface area contributed by atoms with Gasteiger partial charge in [0, 0.05) is 22.4 Å². The molecule has 2 heteroatoms. The molecule has 1 aromatic heterocycles. The van der Waals surface area contributed by atoms with Crippen molar-refractivity contribution in [3.63, 3.8) is 0 Å². The smallest absolute Gasteiger partial charge is 0.0656 e. The van der Waals surface area contributed by atoms with Gasteiger partial charge in [0.15, 0.2) is 0 Å². The molecule has 1 radical (unpaired) electrons. The van der Waals surface area contributed by atoms with Crippen LogP contribution in [0.15, 0.2) is 28.7 Å². The molecule has 0 unspecified atom stereocenters. The Morgan fingerprint density at radius 3 is 3.09 bits per heavy atom. The Morgan fingerprint density at radius 1 is 1.45 bits per heavy atom. The fourth-order valence-corrected chi connectivity index (χ4v) is 1.56. The van der Waals surface area contributed by atoms with Gasteiger partial charge in [0.05, 0.1) is 6.20 Å². The Morgan fingerprint density at radius 2 is 2.27 bits per heavy atom. The monoisotopic (exact) mass is 208 g/mol. The third-order valence-corrected chi connectivity index (χ3v) is 2.26. The summed E-state index contributed by atoms with van der Waals surface area (Å²) in [5, 5.41) is 1.22. The molecule has 0 saturated carbocycles. The van der Waals surface area contributed by atoms with Crippen LogP contribution in [0.4, 0.5) is 0 Å². The van der Waals surface area contributed by atoms with Gasteiger partial charge in [0.25, 0.3) is 0 Å². The van der Waals surface area contributed by atoms with E-state index in [1.807, 2.05) is 23.7 Å². The van der Waals surface area contributed by atoms with Crippen molar-refractivity contribution in [3.8, 4) is 0 Å². The van der Waals surface area contributed by atoms with Crippen molar-refractivity contribution < 1.29 is 0 Å². The Labute approximate surface area is 73.8 Å². The van der Waals surface area contributed by atoms with Crippen molar-refractivity contribution in [1.82, 2.24) is 4.57 Å². The van der Waals surface area contributed by atoms with E-state index in [4.69, 9.17) is 0 Å². The van der Waals surface area contributed by atoms with Crippen molar-refractivity contribution >= 4 is 26.8 Å². The van der Waals surface area contributed by atoms with E-state index >= 15 is 0 Å². The van der Waals surface area contributed by atoms with Crippen LogP contribution in [-0.4, -0.2) is 4.57 Å². The van der Waals surface area contributed by atoms with Gasteiger partial charge in [-0.1, -0.05) is 15.9 Å². The van der Waals surface area contributed by atoms with Gasteiger partial charge in [-0.2, -0.15) is 0 Å². The summed E-state index contributed by atoms with van der Waals surface area (Å²) in [5.41, 5.74) is 1.22. The molecular weight excluding hydrogens is 202 g/mol. The number of aryl methyl sites for hydroxylation is 1. The van der Waals surface area contributed by atoms with E-state index in [-0.39, 0.29) is 0 Å². The first-order valence-electron chi connectivity index (χ1n) is 3.40. The molecule has 0 bridgehead atoms. The summed E-state index contributed by atoms with van der Waals surface area (Å²) in [6.07, 6.45) is 3.10. The molecule has 0 spiro atoms. The van der Waals surface area contributed by atoms with Gasteiger partial charge in [-0.15, -0.1) is 0 Å². The van der Waals surface area contributed by atoms with Crippen LogP contribution in [0, 0.1) is 6.20 Å². The van der Waals surface area contributed by atoms with Crippen molar-refractivity contribution in [3.05, 3.63) is 34.9 Å². The fraction of sp³-hybridized carbons (Fsp3) is 0.111. The molecule has 2 rings (SSSR count). The minimum absolute atomic E-state index is 1.12. The second-order valence-corrected chi connectivity index (χ2v) is 3.45. The molecule has 0 amide bonds. The summed E-state index contributed by atoms with van der Waals surface area (Å²) in [6.45, 7) is 0. The maximum absolute atomic E-state index is 3.42. The first kappa shape index (κ1) is 6.92. The molecule has 1 nitrogen and oxygen atoms in total. The Balaban J connectivity index is 2.86. The van der Waals surface area contributed by atoms with Gasteiger partial charge >= 0.3 is 0 Å². The van der Waals surface area contributed by atoms with Crippen LogP contribution < -0.4 is 0 Å². The lowest BCUT2D eigenvalue weighted by Gasteiger charge is -1.94. The second-order valence-electron chi connectivity index (χ2n) is 2.54. The van der Waals surface area contributed by atoms with Gasteiger partial charge in [0.2, 0.25) is 0 Å². The zero-order valence-electron chi connectivity index (χ0n) is 6.13. The quantitative estimate of drug-likeness (QED) is 0.628. The Bertz CT molecular complexity index is 389. The lowest BCUT2D eigenvalue weighted by Crippen LogP contribution is -1.82. The molecule has 11 heavy (non-hydrogen) atoms. The minimum Gasteiger partial charge on any atom is -0.342 e. The molecule has 0 fully saturated rings. The van der Waals surface area contributed by atoms with Crippen LogP contribution in [0.2, 0.25) is 0 Å². The maximum Gasteiger partial charge on any atom is 0.0656 e. The zero-order valence-corrected chi connectivity index (χ0v) is 7.72. The van der Waals surface area contributed by atoms with Crippen LogP contribution in [0.5, 0.6) is 0 Å². The maximum atomic E-state index is 3.42. The third-order valence-electron chi connectivity index (χ3n) is 1.76. The highest BCUT2D eigenvalue weighted by Gasteiger charge is 1.96. The second kappa shape index (κ2) is 2.38. The molecule has 0 atom stereocenters. The summed E-state index contributed by atoms with van der Waals surface area (Å²) in [6, 6.07) is 8.19. The number of halogens is 1. The van der Waals surface area contributed by atoms with Gasteiger partial charge in [-0.25, -0.2) is 0 Å². The SMILES string of the molecule is Cn1[c]cc2cc(Br)ccc21. The number of benzene rings is 1. The Kier molecular flexibility index (Phi) is 1.50. The largest absolute Gasteiger partial charge is 0.342 e. The summed E-state index contributed by atoms with van der Waals surface area (Å²) >= 11 is 3.42. The zero-order chi connectivity index (χ0) is 7.84. The lowest BCUT2D eigenvalue weighted by molar-refractivity contribution is 0.960. The van der Waals surface area contributed by atoms with E-state index in [0.717, 1.165) is 4.47 Å². The normalized spacial score (nSPS) is 10.7. The first-order valence-corrected chi connectivity index (χ1v) is 4.19. The predicted molar refractivity (Wildman–Crippen MR) is 49.5 cm³/mol. The van der Waals surface area contributed by atoms with E-state index in [1.54, 1.807) is 0 Å². The average molecular weight is 209 g/mol. The topological polar surface area (TPSA) is 4.93 Å². The third kappa shape index (κ3) is 1.07. The number of aromatic nitrogens is 1. The summed E-state index contributed by atoms with van der Waals surface area (Å²) in [4.78, 5) is 0. The number of hydrogen-bond acceptors (Lipinski definition) is 0. The molecule has 0 saturated heterocycles. The predicted octanol–water partition coefficient (Wildman–Crippen LogP) is 2.74. The van der Waals surface area contributed by atoms with E-state index in [1.165, 1.54) is 10.9 Å². The number of hydrogen-bond donors (Lipinski definition) is 0. The summed E-state index contributed by atoms with van der Waals surface area (Å²) in [7, 11) is 2.00. The van der Waals surface area contributed by atoms with Crippen LogP contribution in [0.3, 0.4) is 0 Å². The average Bonchev–Trinajstić information content (AvgIpc) is 2.32. The number of rotatable bonds is 0. The van der Waals surface area contributed by atoms with E-state index in [2.05, 4.69) is 34.3 Å². The van der Waals surface area contributed by atoms with Crippen LogP contribution in [-0.2, 0) is 7.05 Å². The van der Waals surface area contributed by atoms with Crippen LogP contribution >= 0.6 is 15.9 Å². The van der Waals surface area contributed by atoms with Crippen LogP contribution in [0.1, 0.15) is 0 Å². The Hall–Kier alpha value is -0.760. The van der Waals surface area contributed by atoms with Gasteiger partial charge in [-0.3, -0.25) is 0 Å². The number of nitrogens with zero attached hydrogens (tertiary/aromatic N) is 1. The lowest BCUT2D eigenvalue weighted by atomic mass is 10.2. The molecule has 1 aromatic carbocycles. The standard InChI is InChI=1S/C9H7BrN/c1-11-5-4-7-6-8(10)2-3-9(7)11/h2-4,6H,1H3. The molecule has 0 aliphatic carbocycles. The van der Waals surface area contributed by atoms with E-state index in [0.29, 0.717) is 0 Å². The summed E-state index contributed by atoms with van der Waals surface area (Å²) in [5.74, 6) is 0. The van der Waals surface area contributed by atoms with Crippen LogP contribution in [0.25, 0.3) is 10.9 Å². The van der Waals surface area contributed by atoms with E-state index in [9.17, 15) is 0 Å². The molecule has 0 aliphatic heterocycles. The molecule has 55 valence electrons. The van der Waals surface area contributed by atoms with Crippen molar-refractivity contribution in [2.24, 2.45) is 7.05 Å². The fourth-order valence-electron chi connectivity index (χ4n) is 1.18. The van der Waals surface area contributed by atoms with Crippen molar-refractivity contribution in [2.75, 3.05) is 0 Å².